The number of nitrogens with one attached hydrogen (secondary N) is 2. The van der Waals surface area contributed by atoms with Crippen LogP contribution in [0.5, 0.6) is 0 Å². The van der Waals surface area contributed by atoms with Crippen molar-refractivity contribution in [1.82, 2.24) is 20.4 Å². The molecule has 0 radical (unpaired) electrons. The summed E-state index contributed by atoms with van der Waals surface area (Å²) in [6.45, 7) is 2.90. The third kappa shape index (κ3) is 2.46. The summed E-state index contributed by atoms with van der Waals surface area (Å²) >= 11 is 0. The van der Waals surface area contributed by atoms with Crippen LogP contribution in [-0.2, 0) is 0 Å². The number of para-hydroxylation sites is 1. The zero-order valence-electron chi connectivity index (χ0n) is 11.0. The van der Waals surface area contributed by atoms with Gasteiger partial charge in [0, 0.05) is 18.5 Å². The molecule has 1 aliphatic rings. The molecule has 1 aromatic heterocycles. The van der Waals surface area contributed by atoms with Gasteiger partial charge in [0.1, 0.15) is 0 Å². The zero-order valence-corrected chi connectivity index (χ0v) is 11.0. The van der Waals surface area contributed by atoms with Crippen molar-refractivity contribution in [2.45, 2.75) is 6.42 Å². The number of nitrogens with zero attached hydrogens (tertiary/aromatic N) is 2. The lowest BCUT2D eigenvalue weighted by molar-refractivity contribution is 0.0944. The van der Waals surface area contributed by atoms with E-state index in [4.69, 9.17) is 0 Å². The van der Waals surface area contributed by atoms with Crippen LogP contribution in [0.2, 0.25) is 0 Å². The van der Waals surface area contributed by atoms with Crippen molar-refractivity contribution in [3.05, 3.63) is 30.0 Å². The van der Waals surface area contributed by atoms with Crippen LogP contribution in [0, 0.1) is 5.92 Å². The summed E-state index contributed by atoms with van der Waals surface area (Å²) in [5, 5.41) is 10.9. The number of carbonyl (C=O) groups is 1. The van der Waals surface area contributed by atoms with Crippen molar-refractivity contribution in [3.8, 4) is 0 Å². The second-order valence-corrected chi connectivity index (χ2v) is 5.24. The highest BCUT2D eigenvalue weighted by molar-refractivity contribution is 6.04. The van der Waals surface area contributed by atoms with Crippen LogP contribution in [0.25, 0.3) is 10.9 Å². The molecule has 5 nitrogen and oxygen atoms in total. The maximum absolute atomic E-state index is 12.2. The highest BCUT2D eigenvalue weighted by Crippen LogP contribution is 2.16. The van der Waals surface area contributed by atoms with Gasteiger partial charge in [-0.25, -0.2) is 0 Å². The van der Waals surface area contributed by atoms with E-state index in [0.717, 1.165) is 37.0 Å². The topological polar surface area (TPSA) is 61.0 Å². The predicted molar refractivity (Wildman–Crippen MR) is 74.0 cm³/mol. The molecule has 0 bridgehead atoms. The number of fused-ring (bicyclic) bond motifs is 1. The number of aromatic nitrogens is 2. The summed E-state index contributed by atoms with van der Waals surface area (Å²) in [7, 11) is 2.11. The molecule has 1 aromatic carbocycles. The molecule has 3 rings (SSSR count). The minimum atomic E-state index is -0.0907. The fourth-order valence-electron chi connectivity index (χ4n) is 2.65. The third-order valence-corrected chi connectivity index (χ3v) is 3.73. The summed E-state index contributed by atoms with van der Waals surface area (Å²) < 4.78 is 0. The monoisotopic (exact) mass is 258 g/mol. The molecule has 0 aliphatic carbocycles. The Hall–Kier alpha value is -1.88. The number of benzene rings is 1. The Morgan fingerprint density at radius 2 is 2.37 bits per heavy atom. The number of hydrogen-bond acceptors (Lipinski definition) is 3. The standard InChI is InChI=1S/C14H18N4O/c1-18-7-6-10(9-18)8-15-14(19)13-11-4-2-3-5-12(11)16-17-13/h2-5,10H,6-9H2,1H3,(H,15,19)(H,16,17). The van der Waals surface area contributed by atoms with Crippen LogP contribution < -0.4 is 5.32 Å². The molecule has 1 amide bonds. The first-order valence-electron chi connectivity index (χ1n) is 6.64. The first kappa shape index (κ1) is 12.2. The summed E-state index contributed by atoms with van der Waals surface area (Å²) in [6, 6.07) is 7.68. The van der Waals surface area contributed by atoms with E-state index in [1.807, 2.05) is 24.3 Å². The predicted octanol–water partition coefficient (Wildman–Crippen LogP) is 1.24. The van der Waals surface area contributed by atoms with Gasteiger partial charge in [0.15, 0.2) is 5.69 Å². The van der Waals surface area contributed by atoms with Crippen LogP contribution in [0.1, 0.15) is 16.9 Å². The first-order chi connectivity index (χ1) is 9.24. The van der Waals surface area contributed by atoms with E-state index in [-0.39, 0.29) is 5.91 Å². The van der Waals surface area contributed by atoms with E-state index in [2.05, 4.69) is 27.5 Å². The minimum absolute atomic E-state index is 0.0907. The Morgan fingerprint density at radius 3 is 3.16 bits per heavy atom. The van der Waals surface area contributed by atoms with Gasteiger partial charge in [0.05, 0.1) is 5.52 Å². The Balaban J connectivity index is 1.67. The molecule has 1 saturated heterocycles. The van der Waals surface area contributed by atoms with Crippen LogP contribution in [0.15, 0.2) is 24.3 Å². The van der Waals surface area contributed by atoms with Gasteiger partial charge in [0.25, 0.3) is 5.91 Å². The zero-order chi connectivity index (χ0) is 13.2. The maximum atomic E-state index is 12.2. The normalized spacial score (nSPS) is 19.9. The van der Waals surface area contributed by atoms with Gasteiger partial charge in [-0.3, -0.25) is 9.89 Å². The molecule has 1 unspecified atom stereocenters. The molecule has 1 fully saturated rings. The molecule has 0 spiro atoms. The molecule has 100 valence electrons. The van der Waals surface area contributed by atoms with Crippen LogP contribution in [0.4, 0.5) is 0 Å². The van der Waals surface area contributed by atoms with E-state index >= 15 is 0 Å². The van der Waals surface area contributed by atoms with Crippen molar-refractivity contribution in [2.75, 3.05) is 26.7 Å². The molecular formula is C14H18N4O. The quantitative estimate of drug-likeness (QED) is 0.871. The third-order valence-electron chi connectivity index (χ3n) is 3.73. The van der Waals surface area contributed by atoms with E-state index in [1.165, 1.54) is 0 Å². The molecule has 5 heteroatoms. The largest absolute Gasteiger partial charge is 0.350 e. The average molecular weight is 258 g/mol. The lowest BCUT2D eigenvalue weighted by Gasteiger charge is -2.10. The highest BCUT2D eigenvalue weighted by atomic mass is 16.1. The van der Waals surface area contributed by atoms with Gasteiger partial charge in [-0.15, -0.1) is 0 Å². The SMILES string of the molecule is CN1CCC(CNC(=O)c2n[nH]c3ccccc23)C1. The fraction of sp³-hybridized carbons (Fsp3) is 0.429. The van der Waals surface area contributed by atoms with Crippen LogP contribution >= 0.6 is 0 Å². The van der Waals surface area contributed by atoms with Crippen LogP contribution in [-0.4, -0.2) is 47.7 Å². The summed E-state index contributed by atoms with van der Waals surface area (Å²) in [4.78, 5) is 14.4. The molecule has 19 heavy (non-hydrogen) atoms. The number of H-pyrrole nitrogens is 1. The second-order valence-electron chi connectivity index (χ2n) is 5.24. The van der Waals surface area contributed by atoms with Gasteiger partial charge >= 0.3 is 0 Å². The van der Waals surface area contributed by atoms with Crippen LogP contribution in [0.3, 0.4) is 0 Å². The second kappa shape index (κ2) is 5.01. The van der Waals surface area contributed by atoms with Gasteiger partial charge in [-0.05, 0) is 32.0 Å². The van der Waals surface area contributed by atoms with Crippen molar-refractivity contribution in [2.24, 2.45) is 5.92 Å². The smallest absolute Gasteiger partial charge is 0.272 e. The Bertz CT molecular complexity index is 592. The highest BCUT2D eigenvalue weighted by Gasteiger charge is 2.21. The molecule has 1 atom stereocenters. The number of amides is 1. The molecule has 1 aliphatic heterocycles. The van der Waals surface area contributed by atoms with E-state index in [0.29, 0.717) is 11.6 Å². The number of rotatable bonds is 3. The van der Waals surface area contributed by atoms with Crippen molar-refractivity contribution < 1.29 is 4.79 Å². The van der Waals surface area contributed by atoms with E-state index < -0.39 is 0 Å². The Kier molecular flexibility index (Phi) is 3.21. The van der Waals surface area contributed by atoms with Crippen molar-refractivity contribution in [1.29, 1.82) is 0 Å². The van der Waals surface area contributed by atoms with Gasteiger partial charge < -0.3 is 10.2 Å². The number of aromatic amines is 1. The summed E-state index contributed by atoms with van der Waals surface area (Å²) in [5.74, 6) is 0.464. The van der Waals surface area contributed by atoms with E-state index in [1.54, 1.807) is 0 Å². The lowest BCUT2D eigenvalue weighted by Crippen LogP contribution is -2.30. The minimum Gasteiger partial charge on any atom is -0.350 e. The molecular weight excluding hydrogens is 240 g/mol. The van der Waals surface area contributed by atoms with E-state index in [9.17, 15) is 4.79 Å². The van der Waals surface area contributed by atoms with Gasteiger partial charge in [-0.1, -0.05) is 18.2 Å². The molecule has 2 N–H and O–H groups in total. The first-order valence-corrected chi connectivity index (χ1v) is 6.64. The summed E-state index contributed by atoms with van der Waals surface area (Å²) in [6.07, 6.45) is 1.15. The summed E-state index contributed by atoms with van der Waals surface area (Å²) in [5.41, 5.74) is 1.38. The maximum Gasteiger partial charge on any atom is 0.272 e. The number of hydrogen-bond donors (Lipinski definition) is 2. The van der Waals surface area contributed by atoms with Gasteiger partial charge in [-0.2, -0.15) is 5.10 Å². The molecule has 2 aromatic rings. The van der Waals surface area contributed by atoms with Crippen molar-refractivity contribution >= 4 is 16.8 Å². The number of carbonyl (C=O) groups excluding carboxylic acids is 1. The van der Waals surface area contributed by atoms with Gasteiger partial charge in [0.2, 0.25) is 0 Å². The Labute approximate surface area is 112 Å². The van der Waals surface area contributed by atoms with Crippen molar-refractivity contribution in [3.63, 3.8) is 0 Å². The lowest BCUT2D eigenvalue weighted by atomic mass is 10.1. The number of likely N-dealkylation sites (tertiary alicyclic amines) is 1. The molecule has 2 heterocycles. The Morgan fingerprint density at radius 1 is 1.53 bits per heavy atom. The molecule has 0 saturated carbocycles. The average Bonchev–Trinajstić information content (AvgIpc) is 3.02. The fourth-order valence-corrected chi connectivity index (χ4v) is 2.65.